The second-order valence-corrected chi connectivity index (χ2v) is 11.4. The van der Waals surface area contributed by atoms with E-state index in [-0.39, 0.29) is 17.1 Å². The molecule has 9 nitrogen and oxygen atoms in total. The van der Waals surface area contributed by atoms with Gasteiger partial charge in [0.1, 0.15) is 24.1 Å². The molecule has 1 fully saturated rings. The lowest BCUT2D eigenvalue weighted by Gasteiger charge is -2.34. The molecule has 0 aliphatic carbocycles. The number of amides is 1. The number of carbonyl (C=O) groups excluding carboxylic acids is 1. The second kappa shape index (κ2) is 10.3. The molecule has 0 saturated carbocycles. The molecule has 1 aromatic carbocycles. The van der Waals surface area contributed by atoms with Crippen molar-refractivity contribution in [2.75, 3.05) is 38.1 Å². The predicted octanol–water partition coefficient (Wildman–Crippen LogP) is 4.00. The summed E-state index contributed by atoms with van der Waals surface area (Å²) in [5.74, 6) is 0.533. The van der Waals surface area contributed by atoms with Gasteiger partial charge >= 0.3 is 0 Å². The van der Waals surface area contributed by atoms with E-state index in [1.807, 2.05) is 31.3 Å². The van der Waals surface area contributed by atoms with Gasteiger partial charge in [-0.1, -0.05) is 19.9 Å². The van der Waals surface area contributed by atoms with Gasteiger partial charge in [0.05, 0.1) is 17.4 Å². The minimum absolute atomic E-state index is 0.0223. The summed E-state index contributed by atoms with van der Waals surface area (Å²) in [5.41, 5.74) is 5.57. The molecular formula is C30H34FN7O2. The highest BCUT2D eigenvalue weighted by atomic mass is 19.1. The molecule has 0 atom stereocenters. The Hall–Kier alpha value is -3.89. The van der Waals surface area contributed by atoms with Gasteiger partial charge in [-0.05, 0) is 54.3 Å². The number of hydrogen-bond donors (Lipinski definition) is 2. The Morgan fingerprint density at radius 1 is 1.05 bits per heavy atom. The number of aliphatic hydroxyl groups excluding tert-OH is 1. The van der Waals surface area contributed by atoms with Crippen LogP contribution in [0.5, 0.6) is 0 Å². The Labute approximate surface area is 232 Å². The number of halogens is 1. The summed E-state index contributed by atoms with van der Waals surface area (Å²) in [6.07, 6.45) is 4.11. The van der Waals surface area contributed by atoms with Crippen molar-refractivity contribution in [3.63, 3.8) is 0 Å². The third kappa shape index (κ3) is 4.93. The molecule has 0 unspecified atom stereocenters. The quantitative estimate of drug-likeness (QED) is 0.379. The second-order valence-electron chi connectivity index (χ2n) is 11.4. The lowest BCUT2D eigenvalue weighted by atomic mass is 9.85. The Bertz CT molecular complexity index is 1570. The van der Waals surface area contributed by atoms with E-state index in [1.54, 1.807) is 11.0 Å². The average molecular weight is 544 g/mol. The number of carbonyl (C=O) groups is 1. The lowest BCUT2D eigenvalue weighted by Crippen LogP contribution is -2.49. The summed E-state index contributed by atoms with van der Waals surface area (Å²) >= 11 is 0. The molecule has 6 rings (SSSR count). The number of benzene rings is 1. The van der Waals surface area contributed by atoms with Crippen LogP contribution in [-0.2, 0) is 23.3 Å². The van der Waals surface area contributed by atoms with Crippen LogP contribution in [-0.4, -0.2) is 73.3 Å². The van der Waals surface area contributed by atoms with E-state index in [2.05, 4.69) is 44.8 Å². The van der Waals surface area contributed by atoms with E-state index in [0.29, 0.717) is 30.3 Å². The van der Waals surface area contributed by atoms with Crippen LogP contribution in [0.1, 0.15) is 37.1 Å². The molecular weight excluding hydrogens is 509 g/mol. The maximum Gasteiger partial charge on any atom is 0.248 e. The Balaban J connectivity index is 1.18. The van der Waals surface area contributed by atoms with Crippen LogP contribution in [0.25, 0.3) is 22.0 Å². The summed E-state index contributed by atoms with van der Waals surface area (Å²) in [7, 11) is 0. The van der Waals surface area contributed by atoms with Crippen molar-refractivity contribution in [2.24, 2.45) is 0 Å². The molecule has 1 saturated heterocycles. The molecule has 2 N–H and O–H groups in total. The van der Waals surface area contributed by atoms with Crippen molar-refractivity contribution < 1.29 is 14.3 Å². The smallest absolute Gasteiger partial charge is 0.248 e. The van der Waals surface area contributed by atoms with Crippen LogP contribution in [0.2, 0.25) is 0 Å². The first-order valence-corrected chi connectivity index (χ1v) is 13.7. The highest BCUT2D eigenvalue weighted by Gasteiger charge is 2.34. The summed E-state index contributed by atoms with van der Waals surface area (Å²) in [4.78, 5) is 24.4. The van der Waals surface area contributed by atoms with Gasteiger partial charge in [0.25, 0.3) is 0 Å². The van der Waals surface area contributed by atoms with Gasteiger partial charge in [-0.3, -0.25) is 14.4 Å². The van der Waals surface area contributed by atoms with Crippen molar-refractivity contribution in [2.45, 2.75) is 45.7 Å². The van der Waals surface area contributed by atoms with Crippen molar-refractivity contribution in [3.05, 3.63) is 65.4 Å². The number of anilines is 2. The molecule has 0 bridgehead atoms. The van der Waals surface area contributed by atoms with E-state index in [4.69, 9.17) is 10.2 Å². The standard InChI is InChI=1S/C30H34FN7O2/c1-19-12-21(13-23-28(19)35-38-7-6-30(2,3)29(23)38)22-14-26(33-16-24(22)31)34-25-5-4-20(15-32-25)17-36-8-10-37(11-9-36)27(40)18-39/h4-5,12-16,39H,6-11,17-18H2,1-3H3,(H,32,33,34). The van der Waals surface area contributed by atoms with E-state index >= 15 is 4.39 Å². The number of nitrogens with one attached hydrogen (secondary N) is 1. The number of fused-ring (bicyclic) bond motifs is 3. The van der Waals surface area contributed by atoms with Crippen LogP contribution < -0.4 is 5.32 Å². The Kier molecular flexibility index (Phi) is 6.75. The summed E-state index contributed by atoms with van der Waals surface area (Å²) in [5, 5.41) is 18.2. The zero-order valence-electron chi connectivity index (χ0n) is 23.1. The first kappa shape index (κ1) is 26.3. The SMILES string of the molecule is Cc1cc(-c2cc(Nc3ccc(CN4CCN(C(=O)CO)CC4)cn3)ncc2F)cc2c3n(nc12)CCC3(C)C. The molecule has 0 radical (unpaired) electrons. The fourth-order valence-electron chi connectivity index (χ4n) is 5.90. The van der Waals surface area contributed by atoms with Gasteiger partial charge in [0.2, 0.25) is 5.91 Å². The van der Waals surface area contributed by atoms with Crippen molar-refractivity contribution in [3.8, 4) is 11.1 Å². The number of aryl methyl sites for hydroxylation is 2. The number of pyridine rings is 2. The van der Waals surface area contributed by atoms with E-state index in [9.17, 15) is 4.79 Å². The van der Waals surface area contributed by atoms with E-state index in [1.165, 1.54) is 11.9 Å². The molecule has 208 valence electrons. The number of aliphatic hydroxyl groups is 1. The predicted molar refractivity (Wildman–Crippen MR) is 152 cm³/mol. The zero-order chi connectivity index (χ0) is 28.0. The number of aromatic nitrogens is 4. The largest absolute Gasteiger partial charge is 0.387 e. The van der Waals surface area contributed by atoms with Gasteiger partial charge in [-0.15, -0.1) is 0 Å². The first-order chi connectivity index (χ1) is 19.2. The third-order valence-electron chi connectivity index (χ3n) is 8.14. The normalized spacial score (nSPS) is 16.9. The monoisotopic (exact) mass is 543 g/mol. The lowest BCUT2D eigenvalue weighted by molar-refractivity contribution is -0.136. The van der Waals surface area contributed by atoms with Crippen LogP contribution in [0, 0.1) is 12.7 Å². The molecule has 5 heterocycles. The van der Waals surface area contributed by atoms with Crippen LogP contribution in [0.15, 0.2) is 42.7 Å². The third-order valence-corrected chi connectivity index (χ3v) is 8.14. The topological polar surface area (TPSA) is 99.4 Å². The van der Waals surface area contributed by atoms with Crippen molar-refractivity contribution in [1.82, 2.24) is 29.5 Å². The van der Waals surface area contributed by atoms with Crippen LogP contribution in [0.4, 0.5) is 16.0 Å². The fourth-order valence-corrected chi connectivity index (χ4v) is 5.90. The number of nitrogens with zero attached hydrogens (tertiary/aromatic N) is 6. The van der Waals surface area contributed by atoms with Crippen LogP contribution in [0.3, 0.4) is 0 Å². The molecule has 3 aromatic heterocycles. The van der Waals surface area contributed by atoms with Gasteiger partial charge < -0.3 is 15.3 Å². The molecule has 0 spiro atoms. The summed E-state index contributed by atoms with van der Waals surface area (Å²) in [6, 6.07) is 9.67. The highest BCUT2D eigenvalue weighted by molar-refractivity contribution is 5.91. The van der Waals surface area contributed by atoms with Gasteiger partial charge in [0.15, 0.2) is 0 Å². The van der Waals surface area contributed by atoms with E-state index in [0.717, 1.165) is 60.2 Å². The maximum absolute atomic E-state index is 15.1. The van der Waals surface area contributed by atoms with E-state index < -0.39 is 6.61 Å². The first-order valence-electron chi connectivity index (χ1n) is 13.7. The molecule has 2 aliphatic heterocycles. The Morgan fingerprint density at radius 3 is 2.55 bits per heavy atom. The zero-order valence-corrected chi connectivity index (χ0v) is 23.1. The maximum atomic E-state index is 15.1. The summed E-state index contributed by atoms with van der Waals surface area (Å²) in [6.45, 7) is 10.4. The molecule has 1 amide bonds. The van der Waals surface area contributed by atoms with Gasteiger partial charge in [-0.2, -0.15) is 5.10 Å². The number of rotatable bonds is 6. The van der Waals surface area contributed by atoms with Gasteiger partial charge in [0, 0.05) is 61.8 Å². The molecule has 40 heavy (non-hydrogen) atoms. The van der Waals surface area contributed by atoms with Crippen LogP contribution >= 0.6 is 0 Å². The summed E-state index contributed by atoms with van der Waals surface area (Å²) < 4.78 is 17.2. The van der Waals surface area contributed by atoms with Gasteiger partial charge in [-0.25, -0.2) is 14.4 Å². The number of hydrogen-bond acceptors (Lipinski definition) is 7. The highest BCUT2D eigenvalue weighted by Crippen LogP contribution is 2.41. The molecule has 10 heteroatoms. The minimum Gasteiger partial charge on any atom is -0.387 e. The Morgan fingerprint density at radius 2 is 1.82 bits per heavy atom. The molecule has 2 aliphatic rings. The van der Waals surface area contributed by atoms with Crippen molar-refractivity contribution in [1.29, 1.82) is 0 Å². The number of piperazine rings is 1. The average Bonchev–Trinajstić information content (AvgIpc) is 3.48. The van der Waals surface area contributed by atoms with Crippen molar-refractivity contribution >= 4 is 28.4 Å². The minimum atomic E-state index is -0.442. The fraction of sp³-hybridized carbons (Fsp3) is 0.400. The molecule has 4 aromatic rings.